The van der Waals surface area contributed by atoms with Crippen molar-refractivity contribution in [3.63, 3.8) is 0 Å². The Labute approximate surface area is 160 Å². The molecule has 0 heterocycles. The zero-order chi connectivity index (χ0) is 20.8. The van der Waals surface area contributed by atoms with Crippen molar-refractivity contribution in [2.45, 2.75) is 17.5 Å². The fourth-order valence-corrected chi connectivity index (χ4v) is 3.31. The van der Waals surface area contributed by atoms with E-state index in [1.54, 1.807) is 19.2 Å². The number of rotatable bonds is 8. The molecule has 0 radical (unpaired) electrons. The van der Waals surface area contributed by atoms with Crippen LogP contribution in [0.1, 0.15) is 11.1 Å². The lowest BCUT2D eigenvalue weighted by atomic mass is 10.1. The zero-order valence-corrected chi connectivity index (χ0v) is 15.7. The molecule has 2 aromatic carbocycles. The summed E-state index contributed by atoms with van der Waals surface area (Å²) in [5.74, 6) is 0.112. The zero-order valence-electron chi connectivity index (χ0n) is 14.9. The van der Waals surface area contributed by atoms with Crippen molar-refractivity contribution in [1.82, 2.24) is 10.0 Å². The highest BCUT2D eigenvalue weighted by molar-refractivity contribution is 7.89. The minimum absolute atomic E-state index is 0.274. The number of hydrogen-bond donors (Lipinski definition) is 2. The van der Waals surface area contributed by atoms with E-state index in [0.29, 0.717) is 18.2 Å². The van der Waals surface area contributed by atoms with E-state index in [9.17, 15) is 26.4 Å². The second-order valence-corrected chi connectivity index (χ2v) is 7.57. The summed E-state index contributed by atoms with van der Waals surface area (Å²) in [6.07, 6.45) is -4.14. The topological polar surface area (TPSA) is 84.5 Å². The summed E-state index contributed by atoms with van der Waals surface area (Å²) in [6, 6.07) is 10.5. The third-order valence-corrected chi connectivity index (χ3v) is 5.19. The number of carbonyl (C=O) groups is 1. The second kappa shape index (κ2) is 9.07. The van der Waals surface area contributed by atoms with Crippen molar-refractivity contribution < 1.29 is 31.1 Å². The molecule has 0 fully saturated rings. The van der Waals surface area contributed by atoms with Crippen LogP contribution in [-0.2, 0) is 27.4 Å². The molecular formula is C18H19F3N2O4S. The first-order chi connectivity index (χ1) is 13.1. The summed E-state index contributed by atoms with van der Waals surface area (Å²) in [7, 11) is -2.70. The van der Waals surface area contributed by atoms with Crippen molar-refractivity contribution in [3.8, 4) is 5.75 Å². The number of amides is 1. The number of hydrogen-bond acceptors (Lipinski definition) is 4. The molecule has 0 atom stereocenters. The van der Waals surface area contributed by atoms with E-state index in [1.165, 1.54) is 0 Å². The monoisotopic (exact) mass is 416 g/mol. The maximum Gasteiger partial charge on any atom is 0.416 e. The molecule has 0 unspecified atom stereocenters. The van der Waals surface area contributed by atoms with Crippen molar-refractivity contribution in [1.29, 1.82) is 0 Å². The Balaban J connectivity index is 1.85. The number of halogens is 3. The molecule has 10 heteroatoms. The smallest absolute Gasteiger partial charge is 0.416 e. The number of methoxy groups -OCH3 is 1. The van der Waals surface area contributed by atoms with E-state index >= 15 is 0 Å². The van der Waals surface area contributed by atoms with E-state index in [4.69, 9.17) is 4.74 Å². The van der Waals surface area contributed by atoms with Gasteiger partial charge in [0.1, 0.15) is 5.75 Å². The van der Waals surface area contributed by atoms with Crippen LogP contribution < -0.4 is 14.8 Å². The van der Waals surface area contributed by atoms with Crippen LogP contribution in [0.4, 0.5) is 13.2 Å². The van der Waals surface area contributed by atoms with Gasteiger partial charge < -0.3 is 10.1 Å². The fraction of sp³-hybridized carbons (Fsp3) is 0.278. The van der Waals surface area contributed by atoms with Gasteiger partial charge in [-0.2, -0.15) is 13.2 Å². The third kappa shape index (κ3) is 6.24. The molecule has 152 valence electrons. The van der Waals surface area contributed by atoms with Crippen molar-refractivity contribution >= 4 is 15.9 Å². The van der Waals surface area contributed by atoms with Gasteiger partial charge in [-0.25, -0.2) is 13.1 Å². The van der Waals surface area contributed by atoms with Crippen LogP contribution in [0.15, 0.2) is 53.4 Å². The number of nitrogens with one attached hydrogen (secondary N) is 2. The molecule has 0 aliphatic rings. The molecule has 0 spiro atoms. The minimum Gasteiger partial charge on any atom is -0.497 e. The summed E-state index contributed by atoms with van der Waals surface area (Å²) in [4.78, 5) is 11.2. The molecule has 0 bridgehead atoms. The van der Waals surface area contributed by atoms with Crippen molar-refractivity contribution in [3.05, 3.63) is 59.7 Å². The average Bonchev–Trinajstić information content (AvgIpc) is 2.66. The Hall–Kier alpha value is -2.59. The van der Waals surface area contributed by atoms with Crippen LogP contribution in [0.5, 0.6) is 5.75 Å². The lowest BCUT2D eigenvalue weighted by Gasteiger charge is -2.10. The minimum atomic E-state index is -4.66. The maximum absolute atomic E-state index is 12.7. The van der Waals surface area contributed by atoms with Crippen molar-refractivity contribution in [2.75, 3.05) is 20.2 Å². The number of benzene rings is 2. The first kappa shape index (κ1) is 21.7. The number of carbonyl (C=O) groups excluding carboxylic acids is 1. The Morgan fingerprint density at radius 1 is 1.11 bits per heavy atom. The molecule has 0 saturated heterocycles. The first-order valence-corrected chi connectivity index (χ1v) is 9.67. The van der Waals surface area contributed by atoms with Gasteiger partial charge in [0.05, 0.1) is 24.1 Å². The predicted octanol–water partition coefficient (Wildman–Crippen LogP) is 2.35. The maximum atomic E-state index is 12.7. The molecule has 2 aromatic rings. The molecule has 1 amide bonds. The van der Waals surface area contributed by atoms with Crippen LogP contribution in [-0.4, -0.2) is 34.5 Å². The molecule has 28 heavy (non-hydrogen) atoms. The van der Waals surface area contributed by atoms with Crippen LogP contribution in [0.3, 0.4) is 0 Å². The Kier molecular flexibility index (Phi) is 7.03. The van der Waals surface area contributed by atoms with Crippen molar-refractivity contribution in [2.24, 2.45) is 0 Å². The van der Waals surface area contributed by atoms with Gasteiger partial charge in [-0.3, -0.25) is 4.79 Å². The molecule has 0 saturated carbocycles. The van der Waals surface area contributed by atoms with Gasteiger partial charge in [0.15, 0.2) is 0 Å². The van der Waals surface area contributed by atoms with Gasteiger partial charge in [0, 0.05) is 6.54 Å². The van der Waals surface area contributed by atoms with E-state index < -0.39 is 39.1 Å². The standard InChI is InChI=1S/C18H19F3N2O4S/c1-27-15-7-5-13(6-8-15)9-10-22-17(24)12-23-28(25,26)16-4-2-3-14(11-16)18(19,20)21/h2-8,11,23H,9-10,12H2,1H3,(H,22,24). The van der Waals surface area contributed by atoms with Crippen LogP contribution in [0.2, 0.25) is 0 Å². The first-order valence-electron chi connectivity index (χ1n) is 8.18. The molecule has 0 aliphatic heterocycles. The van der Waals surface area contributed by atoms with Gasteiger partial charge in [-0.05, 0) is 42.3 Å². The lowest BCUT2D eigenvalue weighted by molar-refractivity contribution is -0.137. The van der Waals surface area contributed by atoms with Gasteiger partial charge in [-0.15, -0.1) is 0 Å². The van der Waals surface area contributed by atoms with E-state index in [1.807, 2.05) is 16.9 Å². The molecule has 6 nitrogen and oxygen atoms in total. The molecule has 0 aliphatic carbocycles. The highest BCUT2D eigenvalue weighted by Gasteiger charge is 2.31. The highest BCUT2D eigenvalue weighted by atomic mass is 32.2. The molecule has 0 aromatic heterocycles. The van der Waals surface area contributed by atoms with E-state index in [-0.39, 0.29) is 6.54 Å². The molecule has 2 rings (SSSR count). The Morgan fingerprint density at radius 2 is 1.79 bits per heavy atom. The van der Waals surface area contributed by atoms with Gasteiger partial charge >= 0.3 is 6.18 Å². The molecule has 2 N–H and O–H groups in total. The van der Waals surface area contributed by atoms with E-state index in [2.05, 4.69) is 5.32 Å². The van der Waals surface area contributed by atoms with Gasteiger partial charge in [-0.1, -0.05) is 18.2 Å². The number of sulfonamides is 1. The second-order valence-electron chi connectivity index (χ2n) is 5.80. The highest BCUT2D eigenvalue weighted by Crippen LogP contribution is 2.30. The van der Waals surface area contributed by atoms with Crippen LogP contribution in [0, 0.1) is 0 Å². The lowest BCUT2D eigenvalue weighted by Crippen LogP contribution is -2.37. The number of ether oxygens (including phenoxy) is 1. The van der Waals surface area contributed by atoms with Gasteiger partial charge in [0.25, 0.3) is 0 Å². The largest absolute Gasteiger partial charge is 0.497 e. The number of alkyl halides is 3. The third-order valence-electron chi connectivity index (χ3n) is 3.79. The Bertz CT molecular complexity index is 913. The summed E-state index contributed by atoms with van der Waals surface area (Å²) in [6.45, 7) is -0.308. The molecular weight excluding hydrogens is 397 g/mol. The van der Waals surface area contributed by atoms with Crippen LogP contribution in [0.25, 0.3) is 0 Å². The predicted molar refractivity (Wildman–Crippen MR) is 96.3 cm³/mol. The average molecular weight is 416 g/mol. The fourth-order valence-electron chi connectivity index (χ4n) is 2.28. The summed E-state index contributed by atoms with van der Waals surface area (Å²) < 4.78 is 69.4. The quantitative estimate of drug-likeness (QED) is 0.692. The normalized spacial score (nSPS) is 11.9. The summed E-state index contributed by atoms with van der Waals surface area (Å²) >= 11 is 0. The van der Waals surface area contributed by atoms with Crippen LogP contribution >= 0.6 is 0 Å². The summed E-state index contributed by atoms with van der Waals surface area (Å²) in [5, 5.41) is 2.54. The van der Waals surface area contributed by atoms with E-state index in [0.717, 1.165) is 23.8 Å². The summed E-state index contributed by atoms with van der Waals surface area (Å²) in [5.41, 5.74) is -0.134. The Morgan fingerprint density at radius 3 is 2.39 bits per heavy atom. The van der Waals surface area contributed by atoms with Gasteiger partial charge in [0.2, 0.25) is 15.9 Å². The SMILES string of the molecule is COc1ccc(CCNC(=O)CNS(=O)(=O)c2cccc(C(F)(F)F)c2)cc1.